The highest BCUT2D eigenvalue weighted by molar-refractivity contribution is 5.98. The molecule has 0 saturated heterocycles. The summed E-state index contributed by atoms with van der Waals surface area (Å²) in [5, 5.41) is 7.68. The van der Waals surface area contributed by atoms with E-state index in [1.54, 1.807) is 10.8 Å². The van der Waals surface area contributed by atoms with E-state index in [1.807, 2.05) is 111 Å². The van der Waals surface area contributed by atoms with Crippen molar-refractivity contribution in [1.82, 2.24) is 14.7 Å². The number of anilines is 1. The van der Waals surface area contributed by atoms with Crippen molar-refractivity contribution < 1.29 is 9.59 Å². The second-order valence-electron chi connectivity index (χ2n) is 8.38. The Morgan fingerprint density at radius 1 is 0.914 bits per heavy atom. The summed E-state index contributed by atoms with van der Waals surface area (Å²) in [7, 11) is 0. The maximum atomic E-state index is 13.1. The minimum atomic E-state index is -0.295. The molecule has 0 spiro atoms. The van der Waals surface area contributed by atoms with Gasteiger partial charge >= 0.3 is 0 Å². The smallest absolute Gasteiger partial charge is 0.247 e. The van der Waals surface area contributed by atoms with Crippen LogP contribution in [0.2, 0.25) is 0 Å². The molecule has 0 bridgehead atoms. The van der Waals surface area contributed by atoms with Crippen LogP contribution in [0.25, 0.3) is 23.0 Å². The van der Waals surface area contributed by atoms with Crippen molar-refractivity contribution in [3.63, 3.8) is 0 Å². The fraction of sp³-hybridized carbons (Fsp3) is 0.138. The molecule has 6 heteroatoms. The maximum absolute atomic E-state index is 13.1. The Morgan fingerprint density at radius 3 is 2.14 bits per heavy atom. The lowest BCUT2D eigenvalue weighted by molar-refractivity contribution is -0.132. The quantitative estimate of drug-likeness (QED) is 0.354. The molecule has 0 aliphatic heterocycles. The first kappa shape index (κ1) is 23.7. The molecular weight excluding hydrogens is 436 g/mol. The fourth-order valence-electron chi connectivity index (χ4n) is 3.67. The third-order valence-electron chi connectivity index (χ3n) is 5.49. The lowest BCUT2D eigenvalue weighted by Gasteiger charge is -2.25. The van der Waals surface area contributed by atoms with Crippen molar-refractivity contribution in [1.29, 1.82) is 0 Å². The number of nitrogens with zero attached hydrogens (tertiary/aromatic N) is 3. The molecule has 0 aliphatic carbocycles. The summed E-state index contributed by atoms with van der Waals surface area (Å²) in [5.41, 5.74) is 3.44. The van der Waals surface area contributed by atoms with Crippen molar-refractivity contribution in [2.24, 2.45) is 0 Å². The van der Waals surface area contributed by atoms with E-state index in [1.165, 1.54) is 11.0 Å². The van der Waals surface area contributed by atoms with Gasteiger partial charge in [0.2, 0.25) is 11.8 Å². The van der Waals surface area contributed by atoms with Crippen LogP contribution in [0, 0.1) is 0 Å². The number of nitrogens with one attached hydrogen (secondary N) is 1. The van der Waals surface area contributed by atoms with Crippen LogP contribution in [-0.4, -0.2) is 39.1 Å². The lowest BCUT2D eigenvalue weighted by Crippen LogP contribution is -2.41. The Morgan fingerprint density at radius 2 is 1.51 bits per heavy atom. The normalized spacial score (nSPS) is 11.1. The number of benzene rings is 3. The first-order valence-electron chi connectivity index (χ1n) is 11.6. The third kappa shape index (κ3) is 6.12. The van der Waals surface area contributed by atoms with Gasteiger partial charge in [-0.25, -0.2) is 4.68 Å². The summed E-state index contributed by atoms with van der Waals surface area (Å²) in [6.45, 7) is 3.71. The van der Waals surface area contributed by atoms with Crippen molar-refractivity contribution in [2.75, 3.05) is 11.9 Å². The molecule has 0 unspecified atom stereocenters. The predicted molar refractivity (Wildman–Crippen MR) is 140 cm³/mol. The van der Waals surface area contributed by atoms with Crippen LogP contribution in [-0.2, 0) is 9.59 Å². The molecule has 176 valence electrons. The minimum absolute atomic E-state index is 0.0731. The molecule has 2 amide bonds. The van der Waals surface area contributed by atoms with E-state index in [0.29, 0.717) is 5.82 Å². The largest absolute Gasteiger partial charge is 0.327 e. The van der Waals surface area contributed by atoms with Crippen LogP contribution in [0.4, 0.5) is 5.82 Å². The zero-order valence-corrected chi connectivity index (χ0v) is 19.8. The van der Waals surface area contributed by atoms with E-state index in [0.717, 1.165) is 22.5 Å². The van der Waals surface area contributed by atoms with Gasteiger partial charge in [-0.2, -0.15) is 5.10 Å². The van der Waals surface area contributed by atoms with Gasteiger partial charge in [-0.15, -0.1) is 0 Å². The zero-order chi connectivity index (χ0) is 24.6. The number of hydrogen-bond acceptors (Lipinski definition) is 3. The van der Waals surface area contributed by atoms with E-state index >= 15 is 0 Å². The molecule has 1 N–H and O–H groups in total. The zero-order valence-electron chi connectivity index (χ0n) is 19.8. The minimum Gasteiger partial charge on any atom is -0.327 e. The van der Waals surface area contributed by atoms with Gasteiger partial charge in [-0.3, -0.25) is 9.59 Å². The van der Waals surface area contributed by atoms with Crippen molar-refractivity contribution >= 4 is 23.7 Å². The predicted octanol–water partition coefficient (Wildman–Crippen LogP) is 5.43. The van der Waals surface area contributed by atoms with Gasteiger partial charge in [0.15, 0.2) is 0 Å². The van der Waals surface area contributed by atoms with Crippen LogP contribution in [0.5, 0.6) is 0 Å². The van der Waals surface area contributed by atoms with Gasteiger partial charge in [0.1, 0.15) is 12.4 Å². The molecule has 6 nitrogen and oxygen atoms in total. The highest BCUT2D eigenvalue weighted by Crippen LogP contribution is 2.24. The Balaban J connectivity index is 1.54. The molecule has 4 aromatic rings. The summed E-state index contributed by atoms with van der Waals surface area (Å²) in [6, 6.07) is 30.7. The summed E-state index contributed by atoms with van der Waals surface area (Å²) in [5.74, 6) is 0.0217. The molecule has 4 rings (SSSR count). The Hall–Kier alpha value is -4.45. The van der Waals surface area contributed by atoms with Crippen molar-refractivity contribution in [3.8, 4) is 16.9 Å². The van der Waals surface area contributed by atoms with Crippen LogP contribution in [0.1, 0.15) is 19.4 Å². The van der Waals surface area contributed by atoms with Gasteiger partial charge < -0.3 is 10.2 Å². The fourth-order valence-corrected chi connectivity index (χ4v) is 3.67. The van der Waals surface area contributed by atoms with Crippen molar-refractivity contribution in [3.05, 3.63) is 109 Å². The van der Waals surface area contributed by atoms with Crippen LogP contribution >= 0.6 is 0 Å². The molecule has 0 fully saturated rings. The van der Waals surface area contributed by atoms with E-state index < -0.39 is 0 Å². The highest BCUT2D eigenvalue weighted by Gasteiger charge is 2.20. The first-order chi connectivity index (χ1) is 17.0. The number of hydrogen-bond donors (Lipinski definition) is 1. The van der Waals surface area contributed by atoms with E-state index in [4.69, 9.17) is 5.10 Å². The first-order valence-corrected chi connectivity index (χ1v) is 11.6. The number of rotatable bonds is 8. The molecule has 1 aromatic heterocycles. The van der Waals surface area contributed by atoms with Crippen molar-refractivity contribution in [2.45, 2.75) is 19.9 Å². The van der Waals surface area contributed by atoms with Gasteiger partial charge in [-0.1, -0.05) is 78.9 Å². The van der Waals surface area contributed by atoms with E-state index in [-0.39, 0.29) is 24.4 Å². The monoisotopic (exact) mass is 464 g/mol. The molecule has 0 radical (unpaired) electrons. The molecule has 0 saturated carbocycles. The number of carbonyl (C=O) groups excluding carboxylic acids is 2. The third-order valence-corrected chi connectivity index (χ3v) is 5.49. The van der Waals surface area contributed by atoms with Gasteiger partial charge in [0.05, 0.1) is 11.4 Å². The number of para-hydroxylation sites is 1. The van der Waals surface area contributed by atoms with E-state index in [9.17, 15) is 9.59 Å². The SMILES string of the molecule is CC(C)N(CC(=O)Nc1cc(-c2ccccc2)nn1-c1ccccc1)C(=O)/C=C/c1ccccc1. The molecular formula is C29H28N4O2. The van der Waals surface area contributed by atoms with Crippen LogP contribution in [0.15, 0.2) is 103 Å². The maximum Gasteiger partial charge on any atom is 0.247 e. The topological polar surface area (TPSA) is 67.2 Å². The molecule has 0 aliphatic rings. The Kier molecular flexibility index (Phi) is 7.53. The standard InChI is InChI=1S/C29H28N4O2/c1-22(2)32(29(35)19-18-23-12-6-3-7-13-23)21-28(34)30-27-20-26(24-14-8-4-9-15-24)31-33(27)25-16-10-5-11-17-25/h3-20,22H,21H2,1-2H3,(H,30,34)/b19-18+. The Labute approximate surface area is 205 Å². The number of carbonyl (C=O) groups is 2. The second kappa shape index (κ2) is 11.1. The molecule has 1 heterocycles. The van der Waals surface area contributed by atoms with E-state index in [2.05, 4.69) is 5.32 Å². The number of amides is 2. The summed E-state index contributed by atoms with van der Waals surface area (Å²) < 4.78 is 1.71. The summed E-state index contributed by atoms with van der Waals surface area (Å²) >= 11 is 0. The highest BCUT2D eigenvalue weighted by atomic mass is 16.2. The van der Waals surface area contributed by atoms with Gasteiger partial charge in [0.25, 0.3) is 0 Å². The lowest BCUT2D eigenvalue weighted by atomic mass is 10.1. The summed E-state index contributed by atoms with van der Waals surface area (Å²) in [4.78, 5) is 27.5. The van der Waals surface area contributed by atoms with Gasteiger partial charge in [-0.05, 0) is 37.6 Å². The number of aromatic nitrogens is 2. The molecule has 0 atom stereocenters. The Bertz CT molecular complexity index is 1300. The van der Waals surface area contributed by atoms with Crippen LogP contribution < -0.4 is 5.32 Å². The molecule has 35 heavy (non-hydrogen) atoms. The average Bonchev–Trinajstić information content (AvgIpc) is 3.31. The average molecular weight is 465 g/mol. The van der Waals surface area contributed by atoms with Gasteiger partial charge in [0, 0.05) is 23.7 Å². The van der Waals surface area contributed by atoms with Crippen LogP contribution in [0.3, 0.4) is 0 Å². The molecule has 3 aromatic carbocycles. The second-order valence-corrected chi connectivity index (χ2v) is 8.38. The summed E-state index contributed by atoms with van der Waals surface area (Å²) in [6.07, 6.45) is 3.26.